The van der Waals surface area contributed by atoms with E-state index < -0.39 is 17.9 Å². The highest BCUT2D eigenvalue weighted by molar-refractivity contribution is 6.30. The van der Waals surface area contributed by atoms with Crippen LogP contribution in [0.3, 0.4) is 0 Å². The highest BCUT2D eigenvalue weighted by Gasteiger charge is 2.09. The lowest BCUT2D eigenvalue weighted by Crippen LogP contribution is -2.30. The molecular weight excluding hydrogens is 346 g/mol. The molecule has 0 aliphatic rings. The maximum Gasteiger partial charge on any atom is 0.349 e. The van der Waals surface area contributed by atoms with Crippen LogP contribution in [-0.4, -0.2) is 36.0 Å². The molecule has 25 heavy (non-hydrogen) atoms. The maximum atomic E-state index is 12.0. The number of halogens is 1. The maximum absolute atomic E-state index is 12.0. The van der Waals surface area contributed by atoms with Crippen molar-refractivity contribution < 1.29 is 14.3 Å². The molecule has 0 saturated heterocycles. The van der Waals surface area contributed by atoms with Gasteiger partial charge in [0.05, 0.1) is 6.54 Å². The summed E-state index contributed by atoms with van der Waals surface area (Å²) in [4.78, 5) is 27.7. The molecule has 0 unspecified atom stereocenters. The van der Waals surface area contributed by atoms with E-state index in [1.807, 2.05) is 0 Å². The molecular formula is C17H18ClN3O4. The summed E-state index contributed by atoms with van der Waals surface area (Å²) in [7, 11) is 2.96. The van der Waals surface area contributed by atoms with Crippen LogP contribution in [0.4, 0.5) is 5.82 Å². The number of hydrogen-bond donors (Lipinski definition) is 1. The number of carbonyl (C=O) groups is 1. The van der Waals surface area contributed by atoms with Gasteiger partial charge in [-0.1, -0.05) is 23.7 Å². The molecule has 2 aromatic rings. The van der Waals surface area contributed by atoms with E-state index in [0.717, 1.165) is 5.56 Å². The van der Waals surface area contributed by atoms with E-state index in [1.54, 1.807) is 30.3 Å². The average molecular weight is 364 g/mol. The van der Waals surface area contributed by atoms with Gasteiger partial charge >= 0.3 is 5.69 Å². The van der Waals surface area contributed by atoms with Crippen LogP contribution in [0, 0.1) is 0 Å². The monoisotopic (exact) mass is 363 g/mol. The van der Waals surface area contributed by atoms with Gasteiger partial charge in [0.1, 0.15) is 5.82 Å². The summed E-state index contributed by atoms with van der Waals surface area (Å²) in [5, 5.41) is 3.16. The lowest BCUT2D eigenvalue weighted by Gasteiger charge is -2.14. The number of aromatic nitrogens is 2. The van der Waals surface area contributed by atoms with Crippen LogP contribution in [-0.2, 0) is 20.8 Å². The van der Waals surface area contributed by atoms with Crippen LogP contribution in [0.5, 0.6) is 0 Å². The Morgan fingerprint density at radius 1 is 1.28 bits per heavy atom. The molecule has 0 atom stereocenters. The van der Waals surface area contributed by atoms with Gasteiger partial charge in [0.2, 0.25) is 5.91 Å². The number of rotatable bonds is 7. The third-order valence-corrected chi connectivity index (χ3v) is 3.55. The molecule has 0 bridgehead atoms. The van der Waals surface area contributed by atoms with Crippen molar-refractivity contribution >= 4 is 29.4 Å². The smallest absolute Gasteiger partial charge is 0.349 e. The van der Waals surface area contributed by atoms with Crippen LogP contribution in [0.25, 0.3) is 6.08 Å². The highest BCUT2D eigenvalue weighted by Crippen LogP contribution is 2.10. The van der Waals surface area contributed by atoms with Gasteiger partial charge in [-0.2, -0.15) is 4.98 Å². The standard InChI is InChI=1S/C17H18ClN3O4/c1-24-16(25-2)11-21-10-9-14(20-17(21)23)19-15(22)8-5-12-3-6-13(18)7-4-12/h3-10,16H,11H2,1-2H3,(H,19,20,22,23). The van der Waals surface area contributed by atoms with Crippen molar-refractivity contribution in [2.75, 3.05) is 19.5 Å². The molecule has 1 amide bonds. The van der Waals surface area contributed by atoms with Gasteiger partial charge in [-0.05, 0) is 29.8 Å². The molecule has 1 aromatic heterocycles. The number of benzene rings is 1. The zero-order chi connectivity index (χ0) is 18.2. The summed E-state index contributed by atoms with van der Waals surface area (Å²) >= 11 is 5.80. The second-order valence-corrected chi connectivity index (χ2v) is 5.46. The number of nitrogens with zero attached hydrogens (tertiary/aromatic N) is 2. The van der Waals surface area contributed by atoms with E-state index in [9.17, 15) is 9.59 Å². The SMILES string of the molecule is COC(Cn1ccc(NC(=O)C=Cc2ccc(Cl)cc2)nc1=O)OC. The van der Waals surface area contributed by atoms with E-state index >= 15 is 0 Å². The van der Waals surface area contributed by atoms with E-state index in [1.165, 1.54) is 37.1 Å². The molecule has 1 N–H and O–H groups in total. The molecule has 0 spiro atoms. The third-order valence-electron chi connectivity index (χ3n) is 3.29. The van der Waals surface area contributed by atoms with Crippen molar-refractivity contribution in [1.29, 1.82) is 0 Å². The minimum absolute atomic E-state index is 0.165. The van der Waals surface area contributed by atoms with Crippen LogP contribution in [0.15, 0.2) is 47.4 Å². The third kappa shape index (κ3) is 5.82. The quantitative estimate of drug-likeness (QED) is 0.602. The summed E-state index contributed by atoms with van der Waals surface area (Å²) in [6, 6.07) is 8.56. The van der Waals surface area contributed by atoms with Crippen LogP contribution in [0.1, 0.15) is 5.56 Å². The lowest BCUT2D eigenvalue weighted by atomic mass is 10.2. The Balaban J connectivity index is 2.00. The first-order valence-electron chi connectivity index (χ1n) is 7.39. The van der Waals surface area contributed by atoms with Crippen molar-refractivity contribution in [2.24, 2.45) is 0 Å². The van der Waals surface area contributed by atoms with Crippen molar-refractivity contribution in [2.45, 2.75) is 12.8 Å². The molecule has 1 heterocycles. The van der Waals surface area contributed by atoms with Gasteiger partial charge in [0, 0.05) is 31.5 Å². The van der Waals surface area contributed by atoms with Gasteiger partial charge < -0.3 is 14.8 Å². The van der Waals surface area contributed by atoms with E-state index in [0.29, 0.717) is 5.02 Å². The number of hydrogen-bond acceptors (Lipinski definition) is 5. The second-order valence-electron chi connectivity index (χ2n) is 5.02. The summed E-state index contributed by atoms with van der Waals surface area (Å²) in [6.07, 6.45) is 3.94. The van der Waals surface area contributed by atoms with Crippen LogP contribution in [0.2, 0.25) is 5.02 Å². The van der Waals surface area contributed by atoms with Gasteiger partial charge in [-0.25, -0.2) is 4.79 Å². The van der Waals surface area contributed by atoms with Crippen molar-refractivity contribution in [1.82, 2.24) is 9.55 Å². The lowest BCUT2D eigenvalue weighted by molar-refractivity contribution is -0.112. The van der Waals surface area contributed by atoms with Crippen molar-refractivity contribution in [3.63, 3.8) is 0 Å². The molecule has 0 radical (unpaired) electrons. The Bertz CT molecular complexity index is 798. The first-order valence-corrected chi connectivity index (χ1v) is 7.77. The predicted octanol–water partition coefficient (Wildman–Crippen LogP) is 2.17. The first kappa shape index (κ1) is 18.9. The minimum Gasteiger partial charge on any atom is -0.354 e. The van der Waals surface area contributed by atoms with Gasteiger partial charge in [-0.15, -0.1) is 0 Å². The summed E-state index contributed by atoms with van der Waals surface area (Å²) in [5.74, 6) is -0.232. The Morgan fingerprint density at radius 2 is 1.96 bits per heavy atom. The fourth-order valence-corrected chi connectivity index (χ4v) is 2.08. The molecule has 1 aromatic carbocycles. The van der Waals surface area contributed by atoms with Gasteiger partial charge in [-0.3, -0.25) is 9.36 Å². The summed E-state index contributed by atoms with van der Waals surface area (Å²) in [5.41, 5.74) is 0.312. The Hall–Kier alpha value is -2.48. The Morgan fingerprint density at radius 3 is 2.56 bits per heavy atom. The molecule has 132 valence electrons. The van der Waals surface area contributed by atoms with Crippen LogP contribution >= 0.6 is 11.6 Å². The summed E-state index contributed by atoms with van der Waals surface area (Å²) < 4.78 is 11.4. The Kier molecular flexibility index (Phi) is 6.88. The zero-order valence-electron chi connectivity index (χ0n) is 13.8. The number of nitrogens with one attached hydrogen (secondary N) is 1. The first-order chi connectivity index (χ1) is 12.0. The molecule has 0 saturated carbocycles. The molecule has 0 aliphatic heterocycles. The highest BCUT2D eigenvalue weighted by atomic mass is 35.5. The number of methoxy groups -OCH3 is 2. The van der Waals surface area contributed by atoms with Crippen LogP contribution < -0.4 is 11.0 Å². The van der Waals surface area contributed by atoms with E-state index in [-0.39, 0.29) is 12.4 Å². The normalized spacial score (nSPS) is 11.2. The number of ether oxygens (including phenoxy) is 2. The minimum atomic E-state index is -0.553. The largest absolute Gasteiger partial charge is 0.354 e. The van der Waals surface area contributed by atoms with E-state index in [4.69, 9.17) is 21.1 Å². The molecule has 0 fully saturated rings. The number of amides is 1. The average Bonchev–Trinajstić information content (AvgIpc) is 2.61. The molecule has 8 heteroatoms. The fourth-order valence-electron chi connectivity index (χ4n) is 1.96. The van der Waals surface area contributed by atoms with E-state index in [2.05, 4.69) is 10.3 Å². The van der Waals surface area contributed by atoms with Crippen molar-refractivity contribution in [3.05, 3.63) is 63.7 Å². The molecule has 0 aliphatic carbocycles. The second kappa shape index (κ2) is 9.12. The number of carbonyl (C=O) groups excluding carboxylic acids is 1. The topological polar surface area (TPSA) is 82.5 Å². The zero-order valence-corrected chi connectivity index (χ0v) is 14.6. The summed E-state index contributed by atoms with van der Waals surface area (Å²) in [6.45, 7) is 0.198. The van der Waals surface area contributed by atoms with Gasteiger partial charge in [0.25, 0.3) is 0 Å². The fraction of sp³-hybridized carbons (Fsp3) is 0.235. The van der Waals surface area contributed by atoms with Gasteiger partial charge in [0.15, 0.2) is 6.29 Å². The van der Waals surface area contributed by atoms with Crippen molar-refractivity contribution in [3.8, 4) is 0 Å². The number of anilines is 1. The molecule has 7 nitrogen and oxygen atoms in total. The molecule has 2 rings (SSSR count). The Labute approximate surface area is 149 Å². The predicted molar refractivity (Wildman–Crippen MR) is 95.4 cm³/mol.